The van der Waals surface area contributed by atoms with Gasteiger partial charge in [-0.15, -0.1) is 0 Å². The molecule has 0 unspecified atom stereocenters. The molecule has 0 spiro atoms. The van der Waals surface area contributed by atoms with Crippen LogP contribution < -0.4 is 4.74 Å². The van der Waals surface area contributed by atoms with E-state index in [2.05, 4.69) is 0 Å². The summed E-state index contributed by atoms with van der Waals surface area (Å²) in [5.41, 5.74) is 0.940. The molecule has 1 heterocycles. The second-order valence-corrected chi connectivity index (χ2v) is 6.01. The van der Waals surface area contributed by atoms with Gasteiger partial charge in [-0.2, -0.15) is 0 Å². The first kappa shape index (κ1) is 12.1. The summed E-state index contributed by atoms with van der Waals surface area (Å²) in [7, 11) is 1.46. The maximum absolute atomic E-state index is 12.1. The van der Waals surface area contributed by atoms with E-state index in [-0.39, 0.29) is 16.1 Å². The third-order valence-corrected chi connectivity index (χ3v) is 4.11. The zero-order valence-electron chi connectivity index (χ0n) is 9.99. The quantitative estimate of drug-likeness (QED) is 0.881. The van der Waals surface area contributed by atoms with Gasteiger partial charge in [-0.3, -0.25) is 4.79 Å². The average Bonchev–Trinajstić information content (AvgIpc) is 2.54. The number of carboxylic acid groups (broad SMARTS) is 1. The van der Waals surface area contributed by atoms with Gasteiger partial charge in [0.25, 0.3) is 0 Å². The Morgan fingerprint density at radius 1 is 1.41 bits per heavy atom. The molecule has 0 saturated carbocycles. The molecule has 0 fully saturated rings. The number of ether oxygens (including phenoxy) is 1. The van der Waals surface area contributed by atoms with Gasteiger partial charge in [0.1, 0.15) is 4.88 Å². The van der Waals surface area contributed by atoms with Crippen molar-refractivity contribution in [2.45, 2.75) is 26.7 Å². The molecular formula is C12H14O4S. The molecule has 5 heteroatoms. The molecule has 4 nitrogen and oxygen atoms in total. The lowest BCUT2D eigenvalue weighted by Gasteiger charge is -2.28. The zero-order valence-corrected chi connectivity index (χ0v) is 10.8. The van der Waals surface area contributed by atoms with Gasteiger partial charge < -0.3 is 9.84 Å². The minimum absolute atomic E-state index is 0.0168. The number of methoxy groups -OCH3 is 1. The predicted molar refractivity (Wildman–Crippen MR) is 64.3 cm³/mol. The van der Waals surface area contributed by atoms with Gasteiger partial charge in [0.2, 0.25) is 0 Å². The van der Waals surface area contributed by atoms with Crippen LogP contribution >= 0.6 is 11.3 Å². The monoisotopic (exact) mass is 254 g/mol. The summed E-state index contributed by atoms with van der Waals surface area (Å²) in [4.78, 5) is 23.4. The lowest BCUT2D eigenvalue weighted by molar-refractivity contribution is 0.0700. The van der Waals surface area contributed by atoms with Crippen molar-refractivity contribution in [3.63, 3.8) is 0 Å². The van der Waals surface area contributed by atoms with Gasteiger partial charge in [-0.05, 0) is 17.4 Å². The summed E-state index contributed by atoms with van der Waals surface area (Å²) in [6, 6.07) is 0. The number of fused-ring (bicyclic) bond motifs is 1. The number of hydrogen-bond donors (Lipinski definition) is 1. The third-order valence-electron chi connectivity index (χ3n) is 2.93. The van der Waals surface area contributed by atoms with E-state index < -0.39 is 5.97 Å². The molecule has 0 amide bonds. The Morgan fingerprint density at radius 3 is 2.59 bits per heavy atom. The highest BCUT2D eigenvalue weighted by molar-refractivity contribution is 7.16. The van der Waals surface area contributed by atoms with Gasteiger partial charge in [0.15, 0.2) is 10.8 Å². The number of thiophene rings is 1. The van der Waals surface area contributed by atoms with Crippen LogP contribution in [0.1, 0.15) is 45.9 Å². The van der Waals surface area contributed by atoms with E-state index >= 15 is 0 Å². The molecule has 2 rings (SSSR count). The molecular weight excluding hydrogens is 240 g/mol. The highest BCUT2D eigenvalue weighted by atomic mass is 32.1. The van der Waals surface area contributed by atoms with E-state index in [1.165, 1.54) is 7.11 Å². The molecule has 1 N–H and O–H groups in total. The average molecular weight is 254 g/mol. The number of carbonyl (C=O) groups is 2. The van der Waals surface area contributed by atoms with Crippen LogP contribution in [0.15, 0.2) is 0 Å². The topological polar surface area (TPSA) is 63.6 Å². The highest BCUT2D eigenvalue weighted by Crippen LogP contribution is 2.44. The van der Waals surface area contributed by atoms with Crippen molar-refractivity contribution in [2.75, 3.05) is 7.11 Å². The number of rotatable bonds is 2. The zero-order chi connectivity index (χ0) is 12.8. The van der Waals surface area contributed by atoms with Crippen LogP contribution in [0.25, 0.3) is 0 Å². The molecule has 0 aromatic carbocycles. The minimum atomic E-state index is -0.986. The fourth-order valence-corrected chi connectivity index (χ4v) is 3.27. The Balaban J connectivity index is 2.64. The van der Waals surface area contributed by atoms with E-state index in [1.807, 2.05) is 13.8 Å². The smallest absolute Gasteiger partial charge is 0.346 e. The number of carboxylic acids is 1. The van der Waals surface area contributed by atoms with Crippen molar-refractivity contribution in [3.05, 3.63) is 16.0 Å². The Morgan fingerprint density at radius 2 is 2.06 bits per heavy atom. The normalized spacial score (nSPS) is 17.7. The molecule has 92 valence electrons. The first-order valence-corrected chi connectivity index (χ1v) is 6.13. The molecule has 0 bridgehead atoms. The van der Waals surface area contributed by atoms with E-state index in [0.29, 0.717) is 29.0 Å². The van der Waals surface area contributed by atoms with Gasteiger partial charge in [0.05, 0.1) is 12.7 Å². The standard InChI is InChI=1S/C12H14O4S/c1-12(2)4-6-8(7(13)5-12)11(16-3)17-9(6)10(14)15/h4-5H2,1-3H3,(H,14,15). The van der Waals surface area contributed by atoms with E-state index in [1.54, 1.807) is 0 Å². The van der Waals surface area contributed by atoms with E-state index in [4.69, 9.17) is 9.84 Å². The molecule has 1 aliphatic rings. The molecule has 1 aromatic heterocycles. The molecule has 1 aliphatic carbocycles. The van der Waals surface area contributed by atoms with Crippen LogP contribution in [-0.4, -0.2) is 24.0 Å². The van der Waals surface area contributed by atoms with Crippen LogP contribution in [0.3, 0.4) is 0 Å². The summed E-state index contributed by atoms with van der Waals surface area (Å²) in [5.74, 6) is -1.00. The van der Waals surface area contributed by atoms with Crippen molar-refractivity contribution in [2.24, 2.45) is 5.41 Å². The lowest BCUT2D eigenvalue weighted by Crippen LogP contribution is -2.27. The van der Waals surface area contributed by atoms with Crippen LogP contribution in [0.2, 0.25) is 0 Å². The van der Waals surface area contributed by atoms with Crippen molar-refractivity contribution >= 4 is 23.1 Å². The molecule has 0 saturated heterocycles. The van der Waals surface area contributed by atoms with Crippen LogP contribution in [0.5, 0.6) is 5.06 Å². The Bertz CT molecular complexity index is 499. The van der Waals surface area contributed by atoms with Gasteiger partial charge in [-0.1, -0.05) is 25.2 Å². The molecule has 0 aliphatic heterocycles. The van der Waals surface area contributed by atoms with Crippen LogP contribution in [0.4, 0.5) is 0 Å². The number of hydrogen-bond acceptors (Lipinski definition) is 4. The maximum Gasteiger partial charge on any atom is 0.346 e. The Hall–Kier alpha value is -1.36. The second-order valence-electron chi connectivity index (χ2n) is 5.02. The molecule has 0 atom stereocenters. The first-order chi connectivity index (χ1) is 7.85. The number of carbonyl (C=O) groups excluding carboxylic acids is 1. The first-order valence-electron chi connectivity index (χ1n) is 5.32. The Labute approximate surface area is 103 Å². The number of ketones is 1. The van der Waals surface area contributed by atoms with Crippen molar-refractivity contribution < 1.29 is 19.4 Å². The van der Waals surface area contributed by atoms with Crippen LogP contribution in [-0.2, 0) is 6.42 Å². The summed E-state index contributed by atoms with van der Waals surface area (Å²) >= 11 is 1.05. The van der Waals surface area contributed by atoms with Gasteiger partial charge in [-0.25, -0.2) is 4.79 Å². The molecule has 17 heavy (non-hydrogen) atoms. The van der Waals surface area contributed by atoms with Crippen molar-refractivity contribution in [3.8, 4) is 5.06 Å². The fraction of sp³-hybridized carbons (Fsp3) is 0.500. The van der Waals surface area contributed by atoms with Gasteiger partial charge >= 0.3 is 5.97 Å². The summed E-state index contributed by atoms with van der Waals surface area (Å²) < 4.78 is 5.12. The van der Waals surface area contributed by atoms with Gasteiger partial charge in [0, 0.05) is 6.42 Å². The predicted octanol–water partition coefficient (Wildman–Crippen LogP) is 2.61. The third kappa shape index (κ3) is 1.95. The van der Waals surface area contributed by atoms with Crippen molar-refractivity contribution in [1.29, 1.82) is 0 Å². The van der Waals surface area contributed by atoms with Crippen LogP contribution in [0, 0.1) is 5.41 Å². The number of Topliss-reactive ketones (excluding diaryl/α,β-unsaturated/α-hetero) is 1. The number of aromatic carboxylic acids is 1. The lowest BCUT2D eigenvalue weighted by atomic mass is 9.74. The molecule has 0 radical (unpaired) electrons. The minimum Gasteiger partial charge on any atom is -0.487 e. The second kappa shape index (κ2) is 3.84. The Kier molecular flexibility index (Phi) is 2.73. The highest BCUT2D eigenvalue weighted by Gasteiger charge is 2.37. The van der Waals surface area contributed by atoms with E-state index in [9.17, 15) is 9.59 Å². The van der Waals surface area contributed by atoms with Crippen molar-refractivity contribution in [1.82, 2.24) is 0 Å². The maximum atomic E-state index is 12.1. The molecule has 1 aromatic rings. The summed E-state index contributed by atoms with van der Waals surface area (Å²) in [6.07, 6.45) is 1.04. The largest absolute Gasteiger partial charge is 0.487 e. The summed E-state index contributed by atoms with van der Waals surface area (Å²) in [6.45, 7) is 3.95. The SMILES string of the molecule is COc1sc(C(=O)O)c2c1C(=O)CC(C)(C)C2. The van der Waals surface area contributed by atoms with E-state index in [0.717, 1.165) is 11.3 Å². The summed E-state index contributed by atoms with van der Waals surface area (Å²) in [5, 5.41) is 9.58. The fourth-order valence-electron chi connectivity index (χ4n) is 2.27.